The summed E-state index contributed by atoms with van der Waals surface area (Å²) in [4.78, 5) is 32.9. The zero-order valence-corrected chi connectivity index (χ0v) is 19.7. The van der Waals surface area contributed by atoms with Gasteiger partial charge in [0.2, 0.25) is 0 Å². The molecule has 1 N–H and O–H groups in total. The van der Waals surface area contributed by atoms with Crippen molar-refractivity contribution in [2.75, 3.05) is 37.6 Å². The molecule has 8 nitrogen and oxygen atoms in total. The van der Waals surface area contributed by atoms with Gasteiger partial charge in [-0.2, -0.15) is 5.10 Å². The van der Waals surface area contributed by atoms with E-state index in [9.17, 15) is 9.59 Å². The van der Waals surface area contributed by atoms with Crippen molar-refractivity contribution in [2.45, 2.75) is 13.3 Å². The van der Waals surface area contributed by atoms with Crippen molar-refractivity contribution in [1.82, 2.24) is 24.8 Å². The number of carbonyl (C=O) groups is 2. The second-order valence-corrected chi connectivity index (χ2v) is 9.44. The van der Waals surface area contributed by atoms with Gasteiger partial charge < -0.3 is 4.90 Å². The highest BCUT2D eigenvalue weighted by Crippen LogP contribution is 2.32. The molecule has 0 saturated carbocycles. The number of aromatic nitrogens is 3. The predicted octanol–water partition coefficient (Wildman–Crippen LogP) is 3.91. The van der Waals surface area contributed by atoms with Crippen LogP contribution in [0.15, 0.2) is 41.4 Å². The summed E-state index contributed by atoms with van der Waals surface area (Å²) in [5.41, 5.74) is 3.98. The summed E-state index contributed by atoms with van der Waals surface area (Å²) in [6.07, 6.45) is 4.53. The molecule has 2 fully saturated rings. The zero-order chi connectivity index (χ0) is 22.9. The van der Waals surface area contributed by atoms with Crippen molar-refractivity contribution in [3.63, 3.8) is 0 Å². The van der Waals surface area contributed by atoms with Gasteiger partial charge in [0.05, 0.1) is 33.2 Å². The van der Waals surface area contributed by atoms with Gasteiger partial charge in [-0.15, -0.1) is 0 Å². The third-order valence-electron chi connectivity index (χ3n) is 5.80. The minimum atomic E-state index is -0.407. The maximum Gasteiger partial charge on any atom is 0.290 e. The number of piperazine rings is 1. The normalized spacial score (nSPS) is 18.5. The van der Waals surface area contributed by atoms with E-state index in [1.54, 1.807) is 22.9 Å². The molecular weight excluding hydrogens is 460 g/mol. The van der Waals surface area contributed by atoms with Gasteiger partial charge in [-0.1, -0.05) is 24.6 Å². The topological polar surface area (TPSA) is 82.8 Å². The average Bonchev–Trinajstić information content (AvgIpc) is 3.36. The van der Waals surface area contributed by atoms with Gasteiger partial charge >= 0.3 is 0 Å². The number of nitrogens with zero attached hydrogens (tertiary/aromatic N) is 5. The van der Waals surface area contributed by atoms with E-state index >= 15 is 0 Å². The third-order valence-corrected chi connectivity index (χ3v) is 6.91. The smallest absolute Gasteiger partial charge is 0.290 e. The molecule has 0 atom stereocenters. The number of imide groups is 1. The quantitative estimate of drug-likeness (QED) is 0.552. The lowest BCUT2D eigenvalue weighted by atomic mass is 10.1. The van der Waals surface area contributed by atoms with Gasteiger partial charge in [0.1, 0.15) is 0 Å². The van der Waals surface area contributed by atoms with Gasteiger partial charge in [-0.25, -0.2) is 9.50 Å². The molecule has 0 unspecified atom stereocenters. The number of hydrogen-bond acceptors (Lipinski definition) is 7. The lowest BCUT2D eigenvalue weighted by molar-refractivity contribution is -0.115. The van der Waals surface area contributed by atoms with Crippen LogP contribution in [0.1, 0.15) is 19.0 Å². The fourth-order valence-electron chi connectivity index (χ4n) is 4.17. The maximum atomic E-state index is 11.9. The number of nitrogens with one attached hydrogen (secondary N) is 1. The highest BCUT2D eigenvalue weighted by molar-refractivity contribution is 8.18. The predicted molar refractivity (Wildman–Crippen MR) is 131 cm³/mol. The van der Waals surface area contributed by atoms with Crippen molar-refractivity contribution in [3.05, 3.63) is 52.2 Å². The van der Waals surface area contributed by atoms with Gasteiger partial charge in [0.15, 0.2) is 5.65 Å². The molecule has 1 aromatic carbocycles. The molecule has 4 heterocycles. The van der Waals surface area contributed by atoms with Gasteiger partial charge in [-0.05, 0) is 55.1 Å². The number of anilines is 1. The Bertz CT molecular complexity index is 1270. The Morgan fingerprint density at radius 2 is 1.97 bits per heavy atom. The van der Waals surface area contributed by atoms with E-state index in [1.807, 2.05) is 18.2 Å². The number of amides is 2. The van der Waals surface area contributed by atoms with Crippen LogP contribution in [0.4, 0.5) is 10.5 Å². The van der Waals surface area contributed by atoms with Gasteiger partial charge in [0, 0.05) is 31.7 Å². The molecule has 3 aromatic rings. The van der Waals surface area contributed by atoms with Crippen LogP contribution in [0.5, 0.6) is 0 Å². The summed E-state index contributed by atoms with van der Waals surface area (Å²) in [5.74, 6) is -0.407. The van der Waals surface area contributed by atoms with E-state index in [4.69, 9.17) is 11.6 Å². The average molecular weight is 483 g/mol. The Labute approximate surface area is 200 Å². The molecule has 0 bridgehead atoms. The molecule has 2 saturated heterocycles. The van der Waals surface area contributed by atoms with Gasteiger partial charge in [-0.3, -0.25) is 19.8 Å². The van der Waals surface area contributed by atoms with Crippen LogP contribution in [-0.2, 0) is 4.79 Å². The fraction of sp³-hybridized carbons (Fsp3) is 0.304. The third kappa shape index (κ3) is 4.48. The summed E-state index contributed by atoms with van der Waals surface area (Å²) < 4.78 is 1.72. The Morgan fingerprint density at radius 3 is 2.67 bits per heavy atom. The molecule has 0 aliphatic carbocycles. The van der Waals surface area contributed by atoms with Crippen molar-refractivity contribution in [1.29, 1.82) is 0 Å². The van der Waals surface area contributed by atoms with Crippen LogP contribution in [0.3, 0.4) is 0 Å². The van der Waals surface area contributed by atoms with Crippen LogP contribution in [0, 0.1) is 0 Å². The highest BCUT2D eigenvalue weighted by atomic mass is 35.5. The molecule has 0 radical (unpaired) electrons. The summed E-state index contributed by atoms with van der Waals surface area (Å²) in [7, 11) is 0. The highest BCUT2D eigenvalue weighted by Gasteiger charge is 2.25. The first-order chi connectivity index (χ1) is 16.0. The first kappa shape index (κ1) is 21.9. The number of rotatable bonds is 5. The van der Waals surface area contributed by atoms with E-state index in [0.29, 0.717) is 21.3 Å². The van der Waals surface area contributed by atoms with E-state index in [2.05, 4.69) is 38.2 Å². The Morgan fingerprint density at radius 1 is 1.15 bits per heavy atom. The number of halogens is 1. The number of fused-ring (bicyclic) bond motifs is 1. The summed E-state index contributed by atoms with van der Waals surface area (Å²) in [6, 6.07) is 9.64. The molecule has 170 valence electrons. The Hall–Kier alpha value is -2.88. The molecule has 5 rings (SSSR count). The van der Waals surface area contributed by atoms with E-state index in [1.165, 1.54) is 6.42 Å². The van der Waals surface area contributed by atoms with Crippen molar-refractivity contribution in [3.8, 4) is 11.3 Å². The minimum Gasteiger partial charge on any atom is -0.368 e. The number of benzene rings is 1. The lowest BCUT2D eigenvalue weighted by Gasteiger charge is -2.36. The van der Waals surface area contributed by atoms with Crippen LogP contribution in [-0.4, -0.2) is 63.4 Å². The first-order valence-electron chi connectivity index (χ1n) is 10.9. The Kier molecular flexibility index (Phi) is 6.09. The van der Waals surface area contributed by atoms with Crippen molar-refractivity contribution < 1.29 is 9.59 Å². The van der Waals surface area contributed by atoms with Crippen molar-refractivity contribution >= 4 is 51.9 Å². The molecule has 2 amide bonds. The maximum absolute atomic E-state index is 11.9. The standard InChI is InChI=1S/C23H23ClN6O2S/c1-2-7-28-8-10-29(11-9-28)18-5-3-15(12-17(18)24)19-14-25-21-6-4-16(27-30(19)21)13-20-22(31)26-23(32)33-20/h3-6,12-14H,2,7-11H2,1H3,(H,26,31,32). The van der Waals surface area contributed by atoms with E-state index < -0.39 is 5.91 Å². The fourth-order valence-corrected chi connectivity index (χ4v) is 5.13. The van der Waals surface area contributed by atoms with E-state index in [0.717, 1.165) is 61.4 Å². The molecule has 0 spiro atoms. The second-order valence-electron chi connectivity index (χ2n) is 8.02. The molecule has 2 aliphatic heterocycles. The summed E-state index contributed by atoms with van der Waals surface area (Å²) >= 11 is 7.58. The SMILES string of the molecule is CCCN1CCN(c2ccc(-c3cnc4ccc(C=C5SC(=O)NC5=O)nn34)cc2Cl)CC1. The van der Waals surface area contributed by atoms with Crippen LogP contribution in [0.25, 0.3) is 23.0 Å². The molecule has 33 heavy (non-hydrogen) atoms. The number of thioether (sulfide) groups is 1. The van der Waals surface area contributed by atoms with Crippen LogP contribution >= 0.6 is 23.4 Å². The second kappa shape index (κ2) is 9.17. The number of hydrogen-bond donors (Lipinski definition) is 1. The monoisotopic (exact) mass is 482 g/mol. The lowest BCUT2D eigenvalue weighted by Crippen LogP contribution is -2.46. The van der Waals surface area contributed by atoms with Crippen LogP contribution < -0.4 is 10.2 Å². The van der Waals surface area contributed by atoms with Gasteiger partial charge in [0.25, 0.3) is 11.1 Å². The number of imidazole rings is 1. The molecule has 2 aromatic heterocycles. The van der Waals surface area contributed by atoms with Crippen LogP contribution in [0.2, 0.25) is 5.02 Å². The minimum absolute atomic E-state index is 0.319. The number of carbonyl (C=O) groups excluding carboxylic acids is 2. The Balaban J connectivity index is 1.41. The first-order valence-corrected chi connectivity index (χ1v) is 12.1. The zero-order valence-electron chi connectivity index (χ0n) is 18.1. The largest absolute Gasteiger partial charge is 0.368 e. The van der Waals surface area contributed by atoms with E-state index in [-0.39, 0.29) is 5.24 Å². The molecular formula is C23H23ClN6O2S. The van der Waals surface area contributed by atoms with Crippen molar-refractivity contribution in [2.24, 2.45) is 0 Å². The summed E-state index contributed by atoms with van der Waals surface area (Å²) in [6.45, 7) is 7.36. The molecule has 10 heteroatoms. The molecule has 2 aliphatic rings. The summed E-state index contributed by atoms with van der Waals surface area (Å²) in [5, 5.41) is 7.19.